The van der Waals surface area contributed by atoms with Crippen molar-refractivity contribution < 1.29 is 14.3 Å². The van der Waals surface area contributed by atoms with Crippen LogP contribution in [0.1, 0.15) is 23.7 Å². The highest BCUT2D eigenvalue weighted by Gasteiger charge is 2.24. The number of ether oxygens (including phenoxy) is 2. The standard InChI is InChI=1S/C13H14O3/c1-9-5-3-4-6-11(9)12-7-10(15-2)8-13(14)16-12/h3-6,8,12H,7H2,1-2H3/t12-/m0/s1. The molecule has 0 radical (unpaired) electrons. The molecule has 0 fully saturated rings. The van der Waals surface area contributed by atoms with Gasteiger partial charge in [-0.25, -0.2) is 4.79 Å². The molecule has 1 aromatic rings. The first-order valence-electron chi connectivity index (χ1n) is 5.21. The van der Waals surface area contributed by atoms with Crippen LogP contribution >= 0.6 is 0 Å². The Balaban J connectivity index is 2.27. The first-order chi connectivity index (χ1) is 7.70. The molecule has 0 aliphatic carbocycles. The number of carbonyl (C=O) groups is 1. The van der Waals surface area contributed by atoms with Gasteiger partial charge in [0, 0.05) is 6.42 Å². The lowest BCUT2D eigenvalue weighted by atomic mass is 9.99. The minimum Gasteiger partial charge on any atom is -0.501 e. The Hall–Kier alpha value is -1.77. The van der Waals surface area contributed by atoms with Gasteiger partial charge in [0.05, 0.1) is 13.2 Å². The van der Waals surface area contributed by atoms with E-state index in [4.69, 9.17) is 9.47 Å². The third-order valence-corrected chi connectivity index (χ3v) is 2.72. The number of hydrogen-bond donors (Lipinski definition) is 0. The Morgan fingerprint density at radius 1 is 1.38 bits per heavy atom. The zero-order valence-electron chi connectivity index (χ0n) is 9.40. The molecule has 0 N–H and O–H groups in total. The lowest BCUT2D eigenvalue weighted by molar-refractivity contribution is -0.145. The quantitative estimate of drug-likeness (QED) is 0.715. The van der Waals surface area contributed by atoms with Crippen molar-refractivity contribution in [3.63, 3.8) is 0 Å². The highest BCUT2D eigenvalue weighted by molar-refractivity contribution is 5.83. The number of esters is 1. The summed E-state index contributed by atoms with van der Waals surface area (Å²) in [6.45, 7) is 2.01. The molecule has 0 unspecified atom stereocenters. The van der Waals surface area contributed by atoms with Crippen molar-refractivity contribution in [1.29, 1.82) is 0 Å². The van der Waals surface area contributed by atoms with Crippen LogP contribution in [-0.4, -0.2) is 13.1 Å². The normalized spacial score (nSPS) is 20.0. The zero-order chi connectivity index (χ0) is 11.5. The molecule has 0 aromatic heterocycles. The van der Waals surface area contributed by atoms with Crippen molar-refractivity contribution in [2.24, 2.45) is 0 Å². The molecule has 2 rings (SSSR count). The van der Waals surface area contributed by atoms with Gasteiger partial charge in [-0.05, 0) is 18.1 Å². The number of methoxy groups -OCH3 is 1. The molecule has 0 saturated heterocycles. The predicted octanol–water partition coefficient (Wildman–Crippen LogP) is 2.51. The molecule has 1 atom stereocenters. The van der Waals surface area contributed by atoms with Gasteiger partial charge >= 0.3 is 5.97 Å². The molecule has 1 aromatic carbocycles. The van der Waals surface area contributed by atoms with Crippen LogP contribution in [0.15, 0.2) is 36.1 Å². The molecule has 3 nitrogen and oxygen atoms in total. The minimum atomic E-state index is -0.337. The van der Waals surface area contributed by atoms with Gasteiger partial charge in [-0.15, -0.1) is 0 Å². The van der Waals surface area contributed by atoms with E-state index in [-0.39, 0.29) is 12.1 Å². The summed E-state index contributed by atoms with van der Waals surface area (Å²) in [5, 5.41) is 0. The van der Waals surface area contributed by atoms with Crippen molar-refractivity contribution in [3.8, 4) is 0 Å². The molecule has 0 spiro atoms. The average Bonchev–Trinajstić information content (AvgIpc) is 2.28. The summed E-state index contributed by atoms with van der Waals surface area (Å²) < 4.78 is 10.4. The molecule has 16 heavy (non-hydrogen) atoms. The SMILES string of the molecule is COC1=CC(=O)O[C@H](c2ccccc2C)C1. The van der Waals surface area contributed by atoms with Crippen molar-refractivity contribution in [1.82, 2.24) is 0 Å². The van der Waals surface area contributed by atoms with E-state index in [2.05, 4.69) is 0 Å². The number of carbonyl (C=O) groups excluding carboxylic acids is 1. The second-order valence-electron chi connectivity index (χ2n) is 3.80. The van der Waals surface area contributed by atoms with Crippen molar-refractivity contribution in [2.45, 2.75) is 19.4 Å². The molecule has 0 bridgehead atoms. The number of rotatable bonds is 2. The van der Waals surface area contributed by atoms with Crippen LogP contribution in [0.2, 0.25) is 0 Å². The summed E-state index contributed by atoms with van der Waals surface area (Å²) in [5.41, 5.74) is 2.16. The highest BCUT2D eigenvalue weighted by Crippen LogP contribution is 2.30. The second kappa shape index (κ2) is 4.39. The Bertz CT molecular complexity index is 435. The molecule has 3 heteroatoms. The van der Waals surface area contributed by atoms with Gasteiger partial charge in [0.1, 0.15) is 11.9 Å². The Kier molecular flexibility index (Phi) is 2.95. The fourth-order valence-corrected chi connectivity index (χ4v) is 1.85. The first kappa shape index (κ1) is 10.7. The van der Waals surface area contributed by atoms with Crippen LogP contribution in [0.3, 0.4) is 0 Å². The van der Waals surface area contributed by atoms with E-state index < -0.39 is 0 Å². The number of cyclic esters (lactones) is 1. The summed E-state index contributed by atoms with van der Waals surface area (Å²) in [4.78, 5) is 11.3. The smallest absolute Gasteiger partial charge is 0.334 e. The van der Waals surface area contributed by atoms with Gasteiger partial charge in [0.2, 0.25) is 0 Å². The van der Waals surface area contributed by atoms with Crippen LogP contribution < -0.4 is 0 Å². The fraction of sp³-hybridized carbons (Fsp3) is 0.308. The second-order valence-corrected chi connectivity index (χ2v) is 3.80. The molecule has 1 heterocycles. The summed E-state index contributed by atoms with van der Waals surface area (Å²) in [6.07, 6.45) is 1.77. The molecular weight excluding hydrogens is 204 g/mol. The topological polar surface area (TPSA) is 35.5 Å². The van der Waals surface area contributed by atoms with Crippen molar-refractivity contribution in [2.75, 3.05) is 7.11 Å². The molecule has 0 amide bonds. The van der Waals surface area contributed by atoms with Gasteiger partial charge < -0.3 is 9.47 Å². The van der Waals surface area contributed by atoms with E-state index in [1.54, 1.807) is 7.11 Å². The van der Waals surface area contributed by atoms with Crippen LogP contribution in [0, 0.1) is 6.92 Å². The van der Waals surface area contributed by atoms with E-state index in [1.807, 2.05) is 31.2 Å². The van der Waals surface area contributed by atoms with Gasteiger partial charge in [0.15, 0.2) is 0 Å². The molecule has 1 aliphatic rings. The third-order valence-electron chi connectivity index (χ3n) is 2.72. The van der Waals surface area contributed by atoms with Crippen LogP contribution in [-0.2, 0) is 14.3 Å². The lowest BCUT2D eigenvalue weighted by Gasteiger charge is -2.23. The monoisotopic (exact) mass is 218 g/mol. The molecule has 1 aliphatic heterocycles. The van der Waals surface area contributed by atoms with Crippen molar-refractivity contribution >= 4 is 5.97 Å². The van der Waals surface area contributed by atoms with Gasteiger partial charge in [-0.2, -0.15) is 0 Å². The fourth-order valence-electron chi connectivity index (χ4n) is 1.85. The van der Waals surface area contributed by atoms with E-state index >= 15 is 0 Å². The van der Waals surface area contributed by atoms with Crippen molar-refractivity contribution in [3.05, 3.63) is 47.2 Å². The minimum absolute atomic E-state index is 0.228. The Morgan fingerprint density at radius 2 is 2.12 bits per heavy atom. The zero-order valence-corrected chi connectivity index (χ0v) is 9.40. The maximum atomic E-state index is 11.3. The number of hydrogen-bond acceptors (Lipinski definition) is 3. The van der Waals surface area contributed by atoms with Crippen LogP contribution in [0.4, 0.5) is 0 Å². The van der Waals surface area contributed by atoms with Gasteiger partial charge in [0.25, 0.3) is 0 Å². The largest absolute Gasteiger partial charge is 0.501 e. The van der Waals surface area contributed by atoms with E-state index in [9.17, 15) is 4.79 Å². The summed E-state index contributed by atoms with van der Waals surface area (Å²) in [6, 6.07) is 7.90. The molecular formula is C13H14O3. The Labute approximate surface area is 94.7 Å². The highest BCUT2D eigenvalue weighted by atomic mass is 16.5. The average molecular weight is 218 g/mol. The van der Waals surface area contributed by atoms with E-state index in [0.717, 1.165) is 11.1 Å². The lowest BCUT2D eigenvalue weighted by Crippen LogP contribution is -2.17. The molecule has 84 valence electrons. The van der Waals surface area contributed by atoms with Gasteiger partial charge in [-0.3, -0.25) is 0 Å². The summed E-state index contributed by atoms with van der Waals surface area (Å²) >= 11 is 0. The summed E-state index contributed by atoms with van der Waals surface area (Å²) in [7, 11) is 1.57. The summed E-state index contributed by atoms with van der Waals surface area (Å²) in [5.74, 6) is 0.334. The third kappa shape index (κ3) is 2.08. The van der Waals surface area contributed by atoms with Crippen LogP contribution in [0.5, 0.6) is 0 Å². The maximum Gasteiger partial charge on any atom is 0.334 e. The maximum absolute atomic E-state index is 11.3. The van der Waals surface area contributed by atoms with E-state index in [0.29, 0.717) is 12.2 Å². The van der Waals surface area contributed by atoms with E-state index in [1.165, 1.54) is 6.08 Å². The number of benzene rings is 1. The first-order valence-corrected chi connectivity index (χ1v) is 5.21. The van der Waals surface area contributed by atoms with Crippen LogP contribution in [0.25, 0.3) is 0 Å². The van der Waals surface area contributed by atoms with Gasteiger partial charge in [-0.1, -0.05) is 24.3 Å². The predicted molar refractivity (Wildman–Crippen MR) is 59.7 cm³/mol. The Morgan fingerprint density at radius 3 is 2.81 bits per heavy atom. The molecule has 0 saturated carbocycles. The number of aryl methyl sites for hydroxylation is 1.